The van der Waals surface area contributed by atoms with E-state index in [0.29, 0.717) is 17.8 Å². The van der Waals surface area contributed by atoms with E-state index in [1.54, 1.807) is 0 Å². The molecule has 4 N–H and O–H groups in total. The first-order chi connectivity index (χ1) is 25.0. The molecule has 0 heterocycles. The molecule has 51 heavy (non-hydrogen) atoms. The molecule has 0 saturated carbocycles. The minimum absolute atomic E-state index is 0.387. The van der Waals surface area contributed by atoms with E-state index in [-0.39, 0.29) is 0 Å². The van der Waals surface area contributed by atoms with Crippen molar-refractivity contribution in [3.05, 3.63) is 130 Å². The summed E-state index contributed by atoms with van der Waals surface area (Å²) in [4.78, 5) is 0. The Hall–Kier alpha value is -3.52. The molecule has 0 bridgehead atoms. The first-order valence-electron chi connectivity index (χ1n) is 20.9. The molecule has 0 amide bonds. The maximum atomic E-state index is 6.08. The van der Waals surface area contributed by atoms with E-state index in [4.69, 9.17) is 11.5 Å². The Kier molecular flexibility index (Phi) is 18.3. The van der Waals surface area contributed by atoms with Gasteiger partial charge in [0, 0.05) is 29.1 Å². The molecule has 0 saturated heterocycles. The second kappa shape index (κ2) is 23.1. The maximum absolute atomic E-state index is 6.08. The Morgan fingerprint density at radius 2 is 0.549 bits per heavy atom. The summed E-state index contributed by atoms with van der Waals surface area (Å²) in [5.41, 5.74) is 22.3. The van der Waals surface area contributed by atoms with E-state index < -0.39 is 0 Å². The second-order valence-corrected chi connectivity index (χ2v) is 15.3. The van der Waals surface area contributed by atoms with Crippen molar-refractivity contribution in [1.29, 1.82) is 0 Å². The zero-order valence-corrected chi connectivity index (χ0v) is 32.6. The average Bonchev–Trinajstić information content (AvgIpc) is 3.16. The summed E-state index contributed by atoms with van der Waals surface area (Å²) >= 11 is 0. The van der Waals surface area contributed by atoms with Gasteiger partial charge in [0.15, 0.2) is 0 Å². The first kappa shape index (κ1) is 40.3. The van der Waals surface area contributed by atoms with Gasteiger partial charge in [-0.05, 0) is 76.9 Å². The number of unbranched alkanes of at least 4 members (excludes halogenated alkanes) is 14. The van der Waals surface area contributed by atoms with Crippen LogP contribution in [0.3, 0.4) is 0 Å². The van der Waals surface area contributed by atoms with Gasteiger partial charge < -0.3 is 11.5 Å². The fourth-order valence-electron chi connectivity index (χ4n) is 8.06. The van der Waals surface area contributed by atoms with Gasteiger partial charge >= 0.3 is 0 Å². The highest BCUT2D eigenvalue weighted by molar-refractivity contribution is 5.45. The van der Waals surface area contributed by atoms with Crippen LogP contribution >= 0.6 is 0 Å². The lowest BCUT2D eigenvalue weighted by Gasteiger charge is -2.22. The van der Waals surface area contributed by atoms with Crippen LogP contribution in [0.25, 0.3) is 0 Å². The molecule has 0 radical (unpaired) electrons. The van der Waals surface area contributed by atoms with E-state index >= 15 is 0 Å². The van der Waals surface area contributed by atoms with Crippen molar-refractivity contribution >= 4 is 11.4 Å². The molecule has 0 aromatic heterocycles. The highest BCUT2D eigenvalue weighted by Gasteiger charge is 2.19. The van der Waals surface area contributed by atoms with Crippen molar-refractivity contribution in [3.63, 3.8) is 0 Å². The van der Waals surface area contributed by atoms with Gasteiger partial charge in [-0.25, -0.2) is 0 Å². The summed E-state index contributed by atoms with van der Waals surface area (Å²) in [5.74, 6) is 1.20. The molecule has 4 rings (SSSR count). The van der Waals surface area contributed by atoms with E-state index in [1.807, 2.05) is 0 Å². The van der Waals surface area contributed by atoms with Crippen molar-refractivity contribution in [2.24, 2.45) is 0 Å². The van der Waals surface area contributed by atoms with Gasteiger partial charge in [0.1, 0.15) is 0 Å². The lowest BCUT2D eigenvalue weighted by molar-refractivity contribution is 0.551. The third-order valence-corrected chi connectivity index (χ3v) is 11.3. The van der Waals surface area contributed by atoms with Crippen LogP contribution in [0.2, 0.25) is 0 Å². The molecule has 4 aromatic rings. The van der Waals surface area contributed by atoms with Crippen LogP contribution in [0.4, 0.5) is 11.4 Å². The monoisotopic (exact) mass is 687 g/mol. The highest BCUT2D eigenvalue weighted by Crippen LogP contribution is 2.36. The van der Waals surface area contributed by atoms with Gasteiger partial charge in [-0.15, -0.1) is 0 Å². The first-order valence-corrected chi connectivity index (χ1v) is 20.9. The third-order valence-electron chi connectivity index (χ3n) is 11.3. The van der Waals surface area contributed by atoms with Crippen LogP contribution in [0, 0.1) is 0 Å². The predicted octanol–water partition coefficient (Wildman–Crippen LogP) is 14.7. The molecule has 2 nitrogen and oxygen atoms in total. The standard InChI is InChI=1S/C49H70N2/c1-4-7-9-11-13-15-17-19-21-48(43-31-35-45(50)36-32-43)41-27-23-39(24-28-41)47(6-3)40-25-29-42(30-26-40)49(44-33-37-46(51)38-34-44)22-20-18-16-14-12-10-8-5-2/h23-38,47-49H,4-22,50-51H2,1-3H3. The van der Waals surface area contributed by atoms with Crippen molar-refractivity contribution in [3.8, 4) is 0 Å². The normalized spacial score (nSPS) is 13.2. The lowest BCUT2D eigenvalue weighted by atomic mass is 9.82. The molecule has 2 heteroatoms. The second-order valence-electron chi connectivity index (χ2n) is 15.3. The molecule has 276 valence electrons. The van der Waals surface area contributed by atoms with Gasteiger partial charge in [0.2, 0.25) is 0 Å². The number of hydrogen-bond donors (Lipinski definition) is 2. The van der Waals surface area contributed by atoms with Gasteiger partial charge in [0.05, 0.1) is 0 Å². The van der Waals surface area contributed by atoms with Crippen LogP contribution in [0.15, 0.2) is 97.1 Å². The summed E-state index contributed by atoms with van der Waals surface area (Å²) < 4.78 is 0. The van der Waals surface area contributed by atoms with Crippen molar-refractivity contribution in [2.45, 2.75) is 161 Å². The summed E-state index contributed by atoms with van der Waals surface area (Å²) in [6.07, 6.45) is 25.1. The van der Waals surface area contributed by atoms with E-state index in [1.165, 1.54) is 149 Å². The topological polar surface area (TPSA) is 52.0 Å². The number of nitrogen functional groups attached to an aromatic ring is 2. The Morgan fingerprint density at radius 1 is 0.314 bits per heavy atom. The fourth-order valence-corrected chi connectivity index (χ4v) is 8.06. The van der Waals surface area contributed by atoms with Crippen LogP contribution in [-0.4, -0.2) is 0 Å². The smallest absolute Gasteiger partial charge is 0.0314 e. The quantitative estimate of drug-likeness (QED) is 0.0538. The molecule has 0 fully saturated rings. The molecule has 0 aliphatic carbocycles. The average molecular weight is 687 g/mol. The number of benzene rings is 4. The molecule has 4 aromatic carbocycles. The molecule has 0 aliphatic rings. The van der Waals surface area contributed by atoms with Crippen LogP contribution in [-0.2, 0) is 0 Å². The molecule has 0 spiro atoms. The Bertz CT molecular complexity index is 1340. The minimum atomic E-state index is 0.387. The van der Waals surface area contributed by atoms with Crippen LogP contribution in [0.5, 0.6) is 0 Å². The maximum Gasteiger partial charge on any atom is 0.0314 e. The molecule has 2 unspecified atom stereocenters. The van der Waals surface area contributed by atoms with Crippen molar-refractivity contribution in [1.82, 2.24) is 0 Å². The minimum Gasteiger partial charge on any atom is -0.399 e. The molecular formula is C49H70N2. The van der Waals surface area contributed by atoms with E-state index in [0.717, 1.165) is 17.8 Å². The predicted molar refractivity (Wildman–Crippen MR) is 225 cm³/mol. The van der Waals surface area contributed by atoms with Gasteiger partial charge in [-0.1, -0.05) is 196 Å². The molecular weight excluding hydrogens is 617 g/mol. The summed E-state index contributed by atoms with van der Waals surface area (Å²) in [6.45, 7) is 6.91. The molecule has 2 atom stereocenters. The summed E-state index contributed by atoms with van der Waals surface area (Å²) in [5, 5.41) is 0. The third kappa shape index (κ3) is 13.5. The summed E-state index contributed by atoms with van der Waals surface area (Å²) in [7, 11) is 0. The van der Waals surface area contributed by atoms with E-state index in [9.17, 15) is 0 Å². The van der Waals surface area contributed by atoms with Gasteiger partial charge in [-0.3, -0.25) is 0 Å². The van der Waals surface area contributed by atoms with E-state index in [2.05, 4.69) is 118 Å². The molecule has 0 aliphatic heterocycles. The Morgan fingerprint density at radius 3 is 0.824 bits per heavy atom. The number of rotatable bonds is 25. The number of nitrogens with two attached hydrogens (primary N) is 2. The van der Waals surface area contributed by atoms with Crippen molar-refractivity contribution in [2.75, 3.05) is 11.5 Å². The fraction of sp³-hybridized carbons (Fsp3) is 0.510. The Labute approximate surface area is 312 Å². The number of anilines is 2. The zero-order chi connectivity index (χ0) is 36.1. The van der Waals surface area contributed by atoms with Gasteiger partial charge in [0.25, 0.3) is 0 Å². The largest absolute Gasteiger partial charge is 0.399 e. The van der Waals surface area contributed by atoms with Crippen molar-refractivity contribution < 1.29 is 0 Å². The summed E-state index contributed by atoms with van der Waals surface area (Å²) in [6, 6.07) is 36.4. The lowest BCUT2D eigenvalue weighted by Crippen LogP contribution is -2.05. The SMILES string of the molecule is CCCCCCCCCCC(c1ccc(N)cc1)c1ccc(C(CC)c2ccc(C(CCCCCCCCCC)c3ccc(N)cc3)cc2)cc1. The van der Waals surface area contributed by atoms with Crippen LogP contribution < -0.4 is 11.5 Å². The zero-order valence-electron chi connectivity index (χ0n) is 32.6. The highest BCUT2D eigenvalue weighted by atomic mass is 14.5. The number of hydrogen-bond acceptors (Lipinski definition) is 2. The Balaban J connectivity index is 1.42. The van der Waals surface area contributed by atoms with Gasteiger partial charge in [-0.2, -0.15) is 0 Å². The van der Waals surface area contributed by atoms with Crippen LogP contribution in [0.1, 0.15) is 194 Å².